The van der Waals surface area contributed by atoms with Crippen LogP contribution in [0, 0.1) is 22.7 Å². The Kier molecular flexibility index (Phi) is 3.29. The molecular formula is C19H21N3O3. The molecule has 5 rings (SSSR count). The summed E-state index contributed by atoms with van der Waals surface area (Å²) in [4.78, 5) is 19.7. The van der Waals surface area contributed by atoms with Crippen molar-refractivity contribution in [2.45, 2.75) is 44.2 Å². The smallest absolute Gasteiger partial charge is 0.231 e. The third-order valence-electron chi connectivity index (χ3n) is 6.34. The lowest BCUT2D eigenvalue weighted by atomic mass is 9.68. The maximum absolute atomic E-state index is 13.5. The molecule has 1 amide bonds. The van der Waals surface area contributed by atoms with Crippen molar-refractivity contribution in [3.05, 3.63) is 23.5 Å². The lowest BCUT2D eigenvalue weighted by Crippen LogP contribution is -2.51. The maximum atomic E-state index is 13.5. The number of aromatic nitrogens is 1. The highest BCUT2D eigenvalue weighted by Crippen LogP contribution is 2.50. The average molecular weight is 339 g/mol. The molecule has 1 saturated carbocycles. The number of pyridine rings is 1. The highest BCUT2D eigenvalue weighted by atomic mass is 16.5. The van der Waals surface area contributed by atoms with Gasteiger partial charge in [0.2, 0.25) is 5.91 Å². The van der Waals surface area contributed by atoms with E-state index in [0.29, 0.717) is 30.4 Å². The fourth-order valence-corrected chi connectivity index (χ4v) is 5.22. The molecule has 0 aromatic carbocycles. The number of carbonyl (C=O) groups excluding carboxylic acids is 1. The van der Waals surface area contributed by atoms with Gasteiger partial charge in [-0.2, -0.15) is 5.26 Å². The molecule has 1 aromatic heterocycles. The third kappa shape index (κ3) is 2.18. The number of likely N-dealkylation sites (tertiary alicyclic amines) is 1. The molecule has 4 atom stereocenters. The van der Waals surface area contributed by atoms with Crippen LogP contribution in [0.15, 0.2) is 12.4 Å². The van der Waals surface area contributed by atoms with Crippen LogP contribution < -0.4 is 4.74 Å². The van der Waals surface area contributed by atoms with Gasteiger partial charge in [-0.3, -0.25) is 9.78 Å². The number of ether oxygens (including phenoxy) is 2. The first-order valence-electron chi connectivity index (χ1n) is 9.14. The van der Waals surface area contributed by atoms with Crippen LogP contribution in [0.2, 0.25) is 0 Å². The second-order valence-corrected chi connectivity index (χ2v) is 7.92. The largest absolute Gasteiger partial charge is 0.487 e. The summed E-state index contributed by atoms with van der Waals surface area (Å²) in [5.74, 6) is 1.35. The van der Waals surface area contributed by atoms with E-state index in [4.69, 9.17) is 9.47 Å². The monoisotopic (exact) mass is 339 g/mol. The molecule has 4 bridgehead atoms. The van der Waals surface area contributed by atoms with Gasteiger partial charge in [-0.1, -0.05) is 6.42 Å². The summed E-state index contributed by atoms with van der Waals surface area (Å²) >= 11 is 0. The van der Waals surface area contributed by atoms with E-state index in [1.54, 1.807) is 6.20 Å². The highest BCUT2D eigenvalue weighted by molar-refractivity contribution is 5.84. The molecule has 130 valence electrons. The van der Waals surface area contributed by atoms with Crippen molar-refractivity contribution in [3.8, 4) is 11.8 Å². The third-order valence-corrected chi connectivity index (χ3v) is 6.34. The molecule has 3 aliphatic heterocycles. The summed E-state index contributed by atoms with van der Waals surface area (Å²) in [6.07, 6.45) is 8.18. The van der Waals surface area contributed by atoms with E-state index in [1.807, 2.05) is 4.90 Å². The number of hydrogen-bond donors (Lipinski definition) is 0. The van der Waals surface area contributed by atoms with Crippen LogP contribution in [0.4, 0.5) is 0 Å². The Balaban J connectivity index is 1.49. The van der Waals surface area contributed by atoms with E-state index in [1.165, 1.54) is 12.6 Å². The molecule has 6 nitrogen and oxygen atoms in total. The van der Waals surface area contributed by atoms with Crippen molar-refractivity contribution in [2.24, 2.45) is 11.3 Å². The van der Waals surface area contributed by atoms with Gasteiger partial charge >= 0.3 is 0 Å². The van der Waals surface area contributed by atoms with E-state index in [9.17, 15) is 10.1 Å². The Hall–Kier alpha value is -2.13. The van der Waals surface area contributed by atoms with Crippen LogP contribution in [0.5, 0.6) is 5.75 Å². The summed E-state index contributed by atoms with van der Waals surface area (Å²) in [6, 6.07) is 2.13. The van der Waals surface area contributed by atoms with Crippen molar-refractivity contribution >= 4 is 5.91 Å². The number of carbonyl (C=O) groups is 1. The first kappa shape index (κ1) is 15.2. The molecule has 0 spiro atoms. The minimum atomic E-state index is -0.362. The standard InChI is InChI=1S/C19H21N3O3/c20-6-13-7-21-8-15-16-4-14(25-17(13)15)9-22(16)18(23)19-3-1-2-12(5-19)10-24-11-19/h7-8,12,14,16H,1-5,9-11H2/t12?,14-,16-,19?/m0/s1. The number of fused-ring (bicyclic) bond motifs is 6. The lowest BCUT2D eigenvalue weighted by Gasteiger charge is -2.46. The van der Waals surface area contributed by atoms with Gasteiger partial charge in [0.25, 0.3) is 0 Å². The van der Waals surface area contributed by atoms with Gasteiger partial charge in [-0.25, -0.2) is 0 Å². The maximum Gasteiger partial charge on any atom is 0.231 e. The van der Waals surface area contributed by atoms with Gasteiger partial charge in [0.15, 0.2) is 0 Å². The molecule has 1 aromatic rings. The van der Waals surface area contributed by atoms with Gasteiger partial charge in [0.1, 0.15) is 23.5 Å². The summed E-state index contributed by atoms with van der Waals surface area (Å²) in [6.45, 7) is 1.93. The molecule has 3 fully saturated rings. The van der Waals surface area contributed by atoms with Crippen LogP contribution in [-0.2, 0) is 9.53 Å². The zero-order valence-corrected chi connectivity index (χ0v) is 14.1. The Morgan fingerprint density at radius 2 is 2.36 bits per heavy atom. The molecular weight excluding hydrogens is 318 g/mol. The van der Waals surface area contributed by atoms with Crippen molar-refractivity contribution in [3.63, 3.8) is 0 Å². The first-order chi connectivity index (χ1) is 12.2. The zero-order chi connectivity index (χ0) is 17.0. The van der Waals surface area contributed by atoms with E-state index in [-0.39, 0.29) is 23.5 Å². The van der Waals surface area contributed by atoms with Crippen molar-refractivity contribution in [2.75, 3.05) is 19.8 Å². The molecule has 4 aliphatic rings. The summed E-state index contributed by atoms with van der Waals surface area (Å²) < 4.78 is 11.8. The summed E-state index contributed by atoms with van der Waals surface area (Å²) in [5.41, 5.74) is 0.971. The van der Waals surface area contributed by atoms with Crippen molar-refractivity contribution in [1.29, 1.82) is 5.26 Å². The average Bonchev–Trinajstić information content (AvgIpc) is 2.98. The highest BCUT2D eigenvalue weighted by Gasteiger charge is 2.52. The van der Waals surface area contributed by atoms with E-state index >= 15 is 0 Å². The van der Waals surface area contributed by atoms with E-state index in [0.717, 1.165) is 37.9 Å². The van der Waals surface area contributed by atoms with Crippen LogP contribution >= 0.6 is 0 Å². The SMILES string of the molecule is N#Cc1cncc2c1O[C@H]1C[C@@H]2N(C(=O)C23CCCC(COC2)C3)C1. The van der Waals surface area contributed by atoms with Gasteiger partial charge in [-0.15, -0.1) is 0 Å². The molecule has 2 saturated heterocycles. The normalized spacial score (nSPS) is 35.5. The minimum absolute atomic E-state index is 0.0290. The number of hydrogen-bond acceptors (Lipinski definition) is 5. The van der Waals surface area contributed by atoms with Gasteiger partial charge in [-0.05, 0) is 25.2 Å². The zero-order valence-electron chi connectivity index (χ0n) is 14.1. The minimum Gasteiger partial charge on any atom is -0.487 e. The number of nitriles is 1. The molecule has 6 heteroatoms. The van der Waals surface area contributed by atoms with Gasteiger partial charge in [0, 0.05) is 31.0 Å². The quantitative estimate of drug-likeness (QED) is 0.784. The lowest BCUT2D eigenvalue weighted by molar-refractivity contribution is -0.159. The molecule has 0 N–H and O–H groups in total. The molecule has 2 unspecified atom stereocenters. The molecule has 4 heterocycles. The first-order valence-corrected chi connectivity index (χ1v) is 9.14. The van der Waals surface area contributed by atoms with Gasteiger partial charge < -0.3 is 14.4 Å². The number of amides is 1. The number of rotatable bonds is 1. The Bertz CT molecular complexity index is 762. The topological polar surface area (TPSA) is 75.5 Å². The van der Waals surface area contributed by atoms with Crippen molar-refractivity contribution in [1.82, 2.24) is 9.88 Å². The number of nitrogens with zero attached hydrogens (tertiary/aromatic N) is 3. The summed E-state index contributed by atoms with van der Waals surface area (Å²) in [5, 5.41) is 9.31. The van der Waals surface area contributed by atoms with Crippen LogP contribution in [0.1, 0.15) is 49.3 Å². The van der Waals surface area contributed by atoms with Gasteiger partial charge in [0.05, 0.1) is 24.6 Å². The van der Waals surface area contributed by atoms with Crippen LogP contribution in [0.25, 0.3) is 0 Å². The van der Waals surface area contributed by atoms with Crippen LogP contribution in [-0.4, -0.2) is 41.7 Å². The van der Waals surface area contributed by atoms with Crippen LogP contribution in [0.3, 0.4) is 0 Å². The molecule has 25 heavy (non-hydrogen) atoms. The predicted molar refractivity (Wildman–Crippen MR) is 87.6 cm³/mol. The van der Waals surface area contributed by atoms with E-state index in [2.05, 4.69) is 11.1 Å². The molecule has 0 radical (unpaired) electrons. The summed E-state index contributed by atoms with van der Waals surface area (Å²) in [7, 11) is 0. The van der Waals surface area contributed by atoms with E-state index < -0.39 is 0 Å². The van der Waals surface area contributed by atoms with Crippen molar-refractivity contribution < 1.29 is 14.3 Å². The Morgan fingerprint density at radius 1 is 1.44 bits per heavy atom. The Labute approximate surface area is 146 Å². The molecule has 1 aliphatic carbocycles. The fourth-order valence-electron chi connectivity index (χ4n) is 5.22. The predicted octanol–water partition coefficient (Wildman–Crippen LogP) is 2.19. The fraction of sp³-hybridized carbons (Fsp3) is 0.632. The second-order valence-electron chi connectivity index (χ2n) is 7.92. The second kappa shape index (κ2) is 5.43. The Morgan fingerprint density at radius 3 is 3.24 bits per heavy atom.